The van der Waals surface area contributed by atoms with Gasteiger partial charge in [-0.3, -0.25) is 0 Å². The summed E-state index contributed by atoms with van der Waals surface area (Å²) in [5.74, 6) is 0. The first-order valence-corrected chi connectivity index (χ1v) is 6.70. The molecule has 1 atom stereocenters. The molecular weight excluding hydrogens is 232 g/mol. The van der Waals surface area contributed by atoms with Crippen LogP contribution in [0, 0.1) is 13.8 Å². The molecule has 2 aromatic heterocycles. The molecule has 4 heteroatoms. The largest absolute Gasteiger partial charge is 0.472 e. The van der Waals surface area contributed by atoms with E-state index in [4.69, 9.17) is 4.42 Å². The highest BCUT2D eigenvalue weighted by molar-refractivity contribution is 7.11. The van der Waals surface area contributed by atoms with E-state index in [0.29, 0.717) is 6.04 Å². The second-order valence-corrected chi connectivity index (χ2v) is 5.41. The van der Waals surface area contributed by atoms with Crippen molar-refractivity contribution in [2.24, 2.45) is 0 Å². The van der Waals surface area contributed by atoms with Crippen molar-refractivity contribution in [1.82, 2.24) is 10.3 Å². The molecule has 0 saturated carbocycles. The van der Waals surface area contributed by atoms with Gasteiger partial charge in [-0.2, -0.15) is 0 Å². The van der Waals surface area contributed by atoms with Gasteiger partial charge in [-0.1, -0.05) is 6.92 Å². The summed E-state index contributed by atoms with van der Waals surface area (Å²) in [6, 6.07) is 2.31. The van der Waals surface area contributed by atoms with E-state index >= 15 is 0 Å². The topological polar surface area (TPSA) is 38.1 Å². The zero-order valence-electron chi connectivity index (χ0n) is 10.5. The number of aromatic nitrogens is 1. The highest BCUT2D eigenvalue weighted by Crippen LogP contribution is 2.23. The number of hydrogen-bond acceptors (Lipinski definition) is 4. The van der Waals surface area contributed by atoms with E-state index in [1.54, 1.807) is 23.9 Å². The zero-order valence-corrected chi connectivity index (χ0v) is 11.3. The van der Waals surface area contributed by atoms with Crippen LogP contribution in [0.25, 0.3) is 0 Å². The summed E-state index contributed by atoms with van der Waals surface area (Å²) in [5.41, 5.74) is 2.34. The maximum absolute atomic E-state index is 5.15. The Morgan fingerprint density at radius 2 is 2.29 bits per heavy atom. The molecule has 2 aromatic rings. The Balaban J connectivity index is 2.13. The first-order valence-electron chi connectivity index (χ1n) is 5.89. The molecule has 2 heterocycles. The third-order valence-corrected chi connectivity index (χ3v) is 3.94. The van der Waals surface area contributed by atoms with Gasteiger partial charge in [0.1, 0.15) is 0 Å². The van der Waals surface area contributed by atoms with Gasteiger partial charge >= 0.3 is 0 Å². The van der Waals surface area contributed by atoms with Crippen molar-refractivity contribution in [3.8, 4) is 0 Å². The molecule has 1 N–H and O–H groups in total. The molecule has 2 rings (SSSR count). The van der Waals surface area contributed by atoms with Crippen molar-refractivity contribution in [2.45, 2.75) is 33.2 Å². The van der Waals surface area contributed by atoms with Gasteiger partial charge in [0, 0.05) is 22.9 Å². The minimum absolute atomic E-state index is 0.295. The Morgan fingerprint density at radius 3 is 2.82 bits per heavy atom. The van der Waals surface area contributed by atoms with Crippen LogP contribution in [0.4, 0.5) is 0 Å². The van der Waals surface area contributed by atoms with Crippen LogP contribution in [0.15, 0.2) is 23.0 Å². The van der Waals surface area contributed by atoms with Crippen LogP contribution in [-0.2, 0) is 6.42 Å². The molecule has 0 aliphatic carbocycles. The number of furan rings is 1. The summed E-state index contributed by atoms with van der Waals surface area (Å²) in [5, 5.41) is 4.66. The van der Waals surface area contributed by atoms with Gasteiger partial charge in [-0.05, 0) is 26.5 Å². The molecule has 92 valence electrons. The fraction of sp³-hybridized carbons (Fsp3) is 0.462. The van der Waals surface area contributed by atoms with Crippen LogP contribution in [-0.4, -0.2) is 11.5 Å². The molecule has 0 aliphatic rings. The van der Waals surface area contributed by atoms with Crippen molar-refractivity contribution in [3.63, 3.8) is 0 Å². The zero-order chi connectivity index (χ0) is 12.3. The lowest BCUT2D eigenvalue weighted by molar-refractivity contribution is 0.524. The van der Waals surface area contributed by atoms with Gasteiger partial charge in [-0.25, -0.2) is 4.98 Å². The molecule has 0 aromatic carbocycles. The van der Waals surface area contributed by atoms with Gasteiger partial charge < -0.3 is 9.73 Å². The average Bonchev–Trinajstić information content (AvgIpc) is 2.89. The van der Waals surface area contributed by atoms with Gasteiger partial charge in [-0.15, -0.1) is 11.3 Å². The van der Waals surface area contributed by atoms with Crippen molar-refractivity contribution in [2.75, 3.05) is 6.54 Å². The van der Waals surface area contributed by atoms with Crippen LogP contribution in [0.1, 0.15) is 34.1 Å². The summed E-state index contributed by atoms with van der Waals surface area (Å²) in [4.78, 5) is 5.90. The lowest BCUT2D eigenvalue weighted by Gasteiger charge is -2.14. The van der Waals surface area contributed by atoms with Crippen molar-refractivity contribution >= 4 is 11.3 Å². The summed E-state index contributed by atoms with van der Waals surface area (Å²) in [6.07, 6.45) is 4.45. The molecule has 0 fully saturated rings. The highest BCUT2D eigenvalue weighted by Gasteiger charge is 2.15. The number of nitrogens with one attached hydrogen (secondary N) is 1. The van der Waals surface area contributed by atoms with Crippen LogP contribution in [0.5, 0.6) is 0 Å². The molecule has 3 nitrogen and oxygen atoms in total. The molecule has 0 spiro atoms. The van der Waals surface area contributed by atoms with Crippen molar-refractivity contribution < 1.29 is 4.42 Å². The van der Waals surface area contributed by atoms with Crippen LogP contribution in [0.3, 0.4) is 0 Å². The molecule has 0 radical (unpaired) electrons. The number of aryl methyl sites for hydroxylation is 2. The predicted molar refractivity (Wildman–Crippen MR) is 70.4 cm³/mol. The van der Waals surface area contributed by atoms with E-state index in [-0.39, 0.29) is 0 Å². The first kappa shape index (κ1) is 12.3. The van der Waals surface area contributed by atoms with Gasteiger partial charge in [0.15, 0.2) is 0 Å². The molecule has 0 aliphatic heterocycles. The predicted octanol–water partition coefficient (Wildman–Crippen LogP) is 3.25. The molecular formula is C13H18N2OS. The highest BCUT2D eigenvalue weighted by atomic mass is 32.1. The van der Waals surface area contributed by atoms with E-state index in [2.05, 4.69) is 31.1 Å². The van der Waals surface area contributed by atoms with E-state index in [1.807, 2.05) is 6.07 Å². The Kier molecular flexibility index (Phi) is 3.97. The minimum Gasteiger partial charge on any atom is -0.472 e. The SMILES string of the molecule is CCNC(Cc1nc(C)c(C)s1)c1ccoc1. The quantitative estimate of drug-likeness (QED) is 0.885. The number of thiazole rings is 1. The Hall–Kier alpha value is -1.13. The van der Waals surface area contributed by atoms with E-state index in [0.717, 1.165) is 18.7 Å². The monoisotopic (exact) mass is 250 g/mol. The fourth-order valence-corrected chi connectivity index (χ4v) is 2.81. The molecule has 0 bridgehead atoms. The normalized spacial score (nSPS) is 12.9. The number of nitrogens with zero attached hydrogens (tertiary/aromatic N) is 1. The molecule has 1 unspecified atom stereocenters. The standard InChI is InChI=1S/C13H18N2OS/c1-4-14-12(11-5-6-16-8-11)7-13-15-9(2)10(3)17-13/h5-6,8,12,14H,4,7H2,1-3H3. The summed E-state index contributed by atoms with van der Waals surface area (Å²) in [7, 11) is 0. The number of hydrogen-bond donors (Lipinski definition) is 1. The maximum Gasteiger partial charge on any atom is 0.0950 e. The lowest BCUT2D eigenvalue weighted by Crippen LogP contribution is -2.22. The van der Waals surface area contributed by atoms with E-state index in [1.165, 1.54) is 15.4 Å². The van der Waals surface area contributed by atoms with Crippen LogP contribution in [0.2, 0.25) is 0 Å². The van der Waals surface area contributed by atoms with Crippen molar-refractivity contribution in [1.29, 1.82) is 0 Å². The fourth-order valence-electron chi connectivity index (χ4n) is 1.83. The molecule has 0 saturated heterocycles. The molecule has 0 amide bonds. The van der Waals surface area contributed by atoms with E-state index < -0.39 is 0 Å². The minimum atomic E-state index is 0.295. The first-order chi connectivity index (χ1) is 8.20. The van der Waals surface area contributed by atoms with Crippen LogP contribution < -0.4 is 5.32 Å². The Morgan fingerprint density at radius 1 is 1.47 bits per heavy atom. The van der Waals surface area contributed by atoms with Gasteiger partial charge in [0.25, 0.3) is 0 Å². The summed E-state index contributed by atoms with van der Waals surface area (Å²) < 4.78 is 5.15. The lowest BCUT2D eigenvalue weighted by atomic mass is 10.1. The smallest absolute Gasteiger partial charge is 0.0950 e. The third-order valence-electron chi connectivity index (χ3n) is 2.85. The van der Waals surface area contributed by atoms with E-state index in [9.17, 15) is 0 Å². The van der Waals surface area contributed by atoms with Crippen molar-refractivity contribution in [3.05, 3.63) is 39.7 Å². The number of rotatable bonds is 5. The molecule has 17 heavy (non-hydrogen) atoms. The van der Waals surface area contributed by atoms with Gasteiger partial charge in [0.2, 0.25) is 0 Å². The second-order valence-electron chi connectivity index (χ2n) is 4.12. The van der Waals surface area contributed by atoms with Crippen LogP contribution >= 0.6 is 11.3 Å². The maximum atomic E-state index is 5.15. The number of likely N-dealkylation sites (N-methyl/N-ethyl adjacent to an activating group) is 1. The van der Waals surface area contributed by atoms with Gasteiger partial charge in [0.05, 0.1) is 23.2 Å². The average molecular weight is 250 g/mol. The summed E-state index contributed by atoms with van der Waals surface area (Å²) in [6.45, 7) is 7.25. The Labute approximate surface area is 106 Å². The summed E-state index contributed by atoms with van der Waals surface area (Å²) >= 11 is 1.78. The second kappa shape index (κ2) is 5.47. The Bertz CT molecular complexity index is 442. The third kappa shape index (κ3) is 2.96.